The van der Waals surface area contributed by atoms with Crippen LogP contribution in [0.2, 0.25) is 5.02 Å². The number of nitrogens with one attached hydrogen (secondary N) is 1. The first-order chi connectivity index (χ1) is 10.0. The summed E-state index contributed by atoms with van der Waals surface area (Å²) in [4.78, 5) is 23.3. The Morgan fingerprint density at radius 3 is 2.67 bits per heavy atom. The molecule has 114 valence electrons. The van der Waals surface area contributed by atoms with Gasteiger partial charge < -0.3 is 15.2 Å². The summed E-state index contributed by atoms with van der Waals surface area (Å²) in [5.74, 6) is -0.499. The van der Waals surface area contributed by atoms with E-state index in [1.807, 2.05) is 0 Å². The van der Waals surface area contributed by atoms with Crippen LogP contribution in [0.1, 0.15) is 37.3 Å². The van der Waals surface area contributed by atoms with Crippen molar-refractivity contribution >= 4 is 23.5 Å². The number of carboxylic acid groups (broad SMARTS) is 1. The molecular weight excluding hydrogens is 294 g/mol. The Labute approximate surface area is 128 Å². The van der Waals surface area contributed by atoms with E-state index in [1.165, 1.54) is 13.2 Å². The van der Waals surface area contributed by atoms with Crippen LogP contribution in [0.4, 0.5) is 0 Å². The highest BCUT2D eigenvalue weighted by Gasteiger charge is 2.26. The number of carbonyl (C=O) groups excluding carboxylic acids is 1. The number of amides is 1. The molecule has 1 aromatic rings. The maximum Gasteiger partial charge on any atom is 0.330 e. The predicted molar refractivity (Wildman–Crippen MR) is 78.5 cm³/mol. The predicted octanol–water partition coefficient (Wildman–Crippen LogP) is 2.78. The highest BCUT2D eigenvalue weighted by atomic mass is 35.5. The van der Waals surface area contributed by atoms with E-state index in [-0.39, 0.29) is 5.91 Å². The van der Waals surface area contributed by atoms with Gasteiger partial charge in [-0.2, -0.15) is 0 Å². The number of rotatable bonds is 6. The van der Waals surface area contributed by atoms with E-state index in [9.17, 15) is 14.7 Å². The molecule has 0 radical (unpaired) electrons. The molecule has 0 heterocycles. The zero-order valence-electron chi connectivity index (χ0n) is 11.8. The second-order valence-electron chi connectivity index (χ2n) is 5.23. The number of halogens is 1. The molecule has 1 aliphatic rings. The minimum Gasteiger partial charge on any atom is -0.495 e. The fourth-order valence-electron chi connectivity index (χ4n) is 2.33. The summed E-state index contributed by atoms with van der Waals surface area (Å²) in [6, 6.07) is 3.59. The summed E-state index contributed by atoms with van der Waals surface area (Å²) in [7, 11) is 1.48. The third-order valence-electron chi connectivity index (χ3n) is 3.76. The lowest BCUT2D eigenvalue weighted by Gasteiger charge is -2.25. The lowest BCUT2D eigenvalue weighted by Crippen LogP contribution is -2.35. The van der Waals surface area contributed by atoms with Crippen molar-refractivity contribution in [3.63, 3.8) is 0 Å². The van der Waals surface area contributed by atoms with Gasteiger partial charge in [-0.25, -0.2) is 4.79 Å². The van der Waals surface area contributed by atoms with Crippen LogP contribution < -0.4 is 10.1 Å². The fraction of sp³-hybridized carbons (Fsp3) is 0.467. The zero-order valence-corrected chi connectivity index (χ0v) is 12.5. The number of hydrogen-bond acceptors (Lipinski definition) is 3. The molecule has 2 N–H and O–H groups in total. The number of methoxy groups -OCH3 is 1. The lowest BCUT2D eigenvalue weighted by molar-refractivity contribution is -0.142. The van der Waals surface area contributed by atoms with E-state index in [0.717, 1.165) is 19.3 Å². The van der Waals surface area contributed by atoms with Gasteiger partial charge in [0.15, 0.2) is 6.04 Å². The molecule has 1 aliphatic carbocycles. The molecule has 0 saturated heterocycles. The van der Waals surface area contributed by atoms with Crippen molar-refractivity contribution in [2.45, 2.75) is 31.7 Å². The molecule has 1 atom stereocenters. The van der Waals surface area contributed by atoms with Crippen molar-refractivity contribution in [1.82, 2.24) is 5.32 Å². The molecule has 0 aromatic heterocycles. The van der Waals surface area contributed by atoms with Gasteiger partial charge in [0.1, 0.15) is 5.75 Å². The molecule has 2 rings (SSSR count). The topological polar surface area (TPSA) is 75.6 Å². The highest BCUT2D eigenvalue weighted by Crippen LogP contribution is 2.30. The quantitative estimate of drug-likeness (QED) is 0.847. The molecule has 6 heteroatoms. The summed E-state index contributed by atoms with van der Waals surface area (Å²) < 4.78 is 5.03. The summed E-state index contributed by atoms with van der Waals surface area (Å²) >= 11 is 6.00. The molecule has 1 unspecified atom stereocenters. The van der Waals surface area contributed by atoms with Crippen LogP contribution in [-0.2, 0) is 9.59 Å². The monoisotopic (exact) mass is 311 g/mol. The second-order valence-corrected chi connectivity index (χ2v) is 5.64. The number of benzene rings is 1. The van der Waals surface area contributed by atoms with Crippen LogP contribution in [0.25, 0.3) is 0 Å². The van der Waals surface area contributed by atoms with Gasteiger partial charge >= 0.3 is 5.97 Å². The number of carbonyl (C=O) groups is 2. The Morgan fingerprint density at radius 1 is 1.48 bits per heavy atom. The Hall–Kier alpha value is -1.75. The van der Waals surface area contributed by atoms with E-state index < -0.39 is 12.0 Å². The van der Waals surface area contributed by atoms with Crippen molar-refractivity contribution in [2.75, 3.05) is 7.11 Å². The first-order valence-electron chi connectivity index (χ1n) is 6.87. The van der Waals surface area contributed by atoms with E-state index in [4.69, 9.17) is 16.3 Å². The van der Waals surface area contributed by atoms with E-state index in [2.05, 4.69) is 5.32 Å². The summed E-state index contributed by atoms with van der Waals surface area (Å²) in [6.45, 7) is 0. The number of carboxylic acids is 1. The second kappa shape index (κ2) is 6.80. The summed E-state index contributed by atoms with van der Waals surface area (Å²) in [5.41, 5.74) is 0.426. The van der Waals surface area contributed by atoms with Gasteiger partial charge in [-0.3, -0.25) is 4.79 Å². The van der Waals surface area contributed by atoms with Gasteiger partial charge in [0.25, 0.3) is 0 Å². The molecule has 0 bridgehead atoms. The molecule has 0 aliphatic heterocycles. The van der Waals surface area contributed by atoms with Gasteiger partial charge in [0, 0.05) is 6.42 Å². The van der Waals surface area contributed by atoms with Gasteiger partial charge in [0.05, 0.1) is 12.1 Å². The average Bonchev–Trinajstić information content (AvgIpc) is 2.40. The van der Waals surface area contributed by atoms with Gasteiger partial charge in [-0.05, 0) is 36.5 Å². The standard InChI is InChI=1S/C15H18ClNO4/c1-21-12-6-5-10(8-11(12)16)14(15(19)20)17-13(18)7-9-3-2-4-9/h5-6,8-9,14H,2-4,7H2,1H3,(H,17,18)(H,19,20). The van der Waals surface area contributed by atoms with Crippen molar-refractivity contribution in [3.8, 4) is 5.75 Å². The summed E-state index contributed by atoms with van der Waals surface area (Å²) in [5, 5.41) is 12.2. The molecular formula is C15H18ClNO4. The Morgan fingerprint density at radius 2 is 2.19 bits per heavy atom. The van der Waals surface area contributed by atoms with E-state index in [1.54, 1.807) is 12.1 Å². The Bertz CT molecular complexity index is 542. The fourth-order valence-corrected chi connectivity index (χ4v) is 2.59. The van der Waals surface area contributed by atoms with Crippen LogP contribution in [-0.4, -0.2) is 24.1 Å². The van der Waals surface area contributed by atoms with Crippen LogP contribution in [0.5, 0.6) is 5.75 Å². The molecule has 1 fully saturated rings. The van der Waals surface area contributed by atoms with E-state index >= 15 is 0 Å². The smallest absolute Gasteiger partial charge is 0.330 e. The first kappa shape index (κ1) is 15.6. The van der Waals surface area contributed by atoms with Crippen LogP contribution in [0.15, 0.2) is 18.2 Å². The van der Waals surface area contributed by atoms with Crippen molar-refractivity contribution in [3.05, 3.63) is 28.8 Å². The molecule has 21 heavy (non-hydrogen) atoms. The maximum atomic E-state index is 11.9. The normalized spacial score (nSPS) is 15.9. The summed E-state index contributed by atoms with van der Waals surface area (Å²) in [6.07, 6.45) is 3.61. The third-order valence-corrected chi connectivity index (χ3v) is 4.06. The Kier molecular flexibility index (Phi) is 5.07. The largest absolute Gasteiger partial charge is 0.495 e. The number of aliphatic carboxylic acids is 1. The molecule has 1 saturated carbocycles. The SMILES string of the molecule is COc1ccc(C(NC(=O)CC2CCC2)C(=O)O)cc1Cl. The van der Waals surface area contributed by atoms with Crippen LogP contribution in [0.3, 0.4) is 0 Å². The minimum atomic E-state index is -1.11. The molecule has 5 nitrogen and oxygen atoms in total. The maximum absolute atomic E-state index is 11.9. The van der Waals surface area contributed by atoms with Crippen molar-refractivity contribution in [1.29, 1.82) is 0 Å². The highest BCUT2D eigenvalue weighted by molar-refractivity contribution is 6.32. The van der Waals surface area contributed by atoms with Gasteiger partial charge in [-0.1, -0.05) is 24.1 Å². The Balaban J connectivity index is 2.08. The third kappa shape index (κ3) is 3.88. The van der Waals surface area contributed by atoms with Crippen molar-refractivity contribution < 1.29 is 19.4 Å². The van der Waals surface area contributed by atoms with Gasteiger partial charge in [-0.15, -0.1) is 0 Å². The van der Waals surface area contributed by atoms with E-state index in [0.29, 0.717) is 28.7 Å². The van der Waals surface area contributed by atoms with Crippen LogP contribution >= 0.6 is 11.6 Å². The number of ether oxygens (including phenoxy) is 1. The average molecular weight is 312 g/mol. The van der Waals surface area contributed by atoms with Crippen molar-refractivity contribution in [2.24, 2.45) is 5.92 Å². The minimum absolute atomic E-state index is 0.237. The number of hydrogen-bond donors (Lipinski definition) is 2. The molecule has 1 amide bonds. The molecule has 1 aromatic carbocycles. The molecule has 0 spiro atoms. The first-order valence-corrected chi connectivity index (χ1v) is 7.24. The zero-order chi connectivity index (χ0) is 15.4. The van der Waals surface area contributed by atoms with Gasteiger partial charge in [0.2, 0.25) is 5.91 Å². The van der Waals surface area contributed by atoms with Crippen LogP contribution in [0, 0.1) is 5.92 Å². The lowest BCUT2D eigenvalue weighted by atomic mass is 9.83.